The number of carbonyl (C=O) groups excluding carboxylic acids is 1. The lowest BCUT2D eigenvalue weighted by Gasteiger charge is -2.32. The standard InChI is InChI=1S/C15H19FN2O/c1-10-6-12(11-2-4-14(16)5-3-11)9-18(10)15(19)13-7-17-8-13/h2-5,10,12-13,17H,6-9H2,1H3. The maximum absolute atomic E-state index is 12.9. The van der Waals surface area contributed by atoms with Gasteiger partial charge in [-0.05, 0) is 31.0 Å². The van der Waals surface area contributed by atoms with E-state index in [-0.39, 0.29) is 23.7 Å². The molecule has 0 aliphatic carbocycles. The van der Waals surface area contributed by atoms with Gasteiger partial charge in [0.1, 0.15) is 5.82 Å². The van der Waals surface area contributed by atoms with Crippen LogP contribution in [-0.4, -0.2) is 36.5 Å². The van der Waals surface area contributed by atoms with Crippen LogP contribution in [0.5, 0.6) is 0 Å². The second-order valence-corrected chi connectivity index (χ2v) is 5.68. The van der Waals surface area contributed by atoms with Gasteiger partial charge in [0.25, 0.3) is 0 Å². The number of amides is 1. The highest BCUT2D eigenvalue weighted by atomic mass is 19.1. The molecule has 3 nitrogen and oxygen atoms in total. The van der Waals surface area contributed by atoms with Crippen LogP contribution in [0.25, 0.3) is 0 Å². The summed E-state index contributed by atoms with van der Waals surface area (Å²) in [5, 5.41) is 3.14. The summed E-state index contributed by atoms with van der Waals surface area (Å²) < 4.78 is 12.9. The highest BCUT2D eigenvalue weighted by Crippen LogP contribution is 2.32. The molecule has 2 saturated heterocycles. The Bertz CT molecular complexity index is 470. The van der Waals surface area contributed by atoms with Crippen molar-refractivity contribution in [3.63, 3.8) is 0 Å². The molecule has 1 aromatic rings. The van der Waals surface area contributed by atoms with Crippen molar-refractivity contribution in [3.05, 3.63) is 35.6 Å². The van der Waals surface area contributed by atoms with Crippen molar-refractivity contribution in [2.75, 3.05) is 19.6 Å². The van der Waals surface area contributed by atoms with Gasteiger partial charge < -0.3 is 10.2 Å². The molecule has 1 aromatic carbocycles. The molecule has 0 spiro atoms. The molecule has 1 N–H and O–H groups in total. The Kier molecular flexibility index (Phi) is 3.27. The Morgan fingerprint density at radius 2 is 2.00 bits per heavy atom. The summed E-state index contributed by atoms with van der Waals surface area (Å²) in [6.07, 6.45) is 0.970. The number of halogens is 1. The second-order valence-electron chi connectivity index (χ2n) is 5.68. The van der Waals surface area contributed by atoms with Gasteiger partial charge in [-0.15, -0.1) is 0 Å². The van der Waals surface area contributed by atoms with Gasteiger partial charge in [-0.2, -0.15) is 0 Å². The van der Waals surface area contributed by atoms with Gasteiger partial charge in [0.2, 0.25) is 5.91 Å². The average molecular weight is 262 g/mol. The minimum Gasteiger partial charge on any atom is -0.339 e. The highest BCUT2D eigenvalue weighted by Gasteiger charge is 2.37. The number of likely N-dealkylation sites (tertiary alicyclic amines) is 1. The Balaban J connectivity index is 1.70. The summed E-state index contributed by atoms with van der Waals surface area (Å²) in [7, 11) is 0. The van der Waals surface area contributed by atoms with Crippen molar-refractivity contribution in [1.29, 1.82) is 0 Å². The number of carbonyl (C=O) groups is 1. The molecular weight excluding hydrogens is 243 g/mol. The van der Waals surface area contributed by atoms with Gasteiger partial charge in [-0.3, -0.25) is 4.79 Å². The Labute approximate surface area is 112 Å². The van der Waals surface area contributed by atoms with Gasteiger partial charge in [-0.25, -0.2) is 4.39 Å². The van der Waals surface area contributed by atoms with Gasteiger partial charge >= 0.3 is 0 Å². The number of rotatable bonds is 2. The molecule has 0 radical (unpaired) electrons. The topological polar surface area (TPSA) is 32.3 Å². The molecule has 102 valence electrons. The minimum absolute atomic E-state index is 0.161. The monoisotopic (exact) mass is 262 g/mol. The Morgan fingerprint density at radius 1 is 1.32 bits per heavy atom. The first-order chi connectivity index (χ1) is 9.15. The van der Waals surface area contributed by atoms with Crippen LogP contribution >= 0.6 is 0 Å². The number of nitrogens with one attached hydrogen (secondary N) is 1. The van der Waals surface area contributed by atoms with E-state index in [0.717, 1.165) is 31.6 Å². The lowest BCUT2D eigenvalue weighted by Crippen LogP contribution is -2.52. The zero-order valence-corrected chi connectivity index (χ0v) is 11.1. The predicted molar refractivity (Wildman–Crippen MR) is 71.3 cm³/mol. The van der Waals surface area contributed by atoms with Crippen molar-refractivity contribution in [2.24, 2.45) is 5.92 Å². The van der Waals surface area contributed by atoms with Crippen molar-refractivity contribution < 1.29 is 9.18 Å². The maximum atomic E-state index is 12.9. The van der Waals surface area contributed by atoms with E-state index in [1.54, 1.807) is 0 Å². The summed E-state index contributed by atoms with van der Waals surface area (Å²) in [5.74, 6) is 0.570. The Hall–Kier alpha value is -1.42. The SMILES string of the molecule is CC1CC(c2ccc(F)cc2)CN1C(=O)C1CNC1. The quantitative estimate of drug-likeness (QED) is 0.880. The van der Waals surface area contributed by atoms with Crippen molar-refractivity contribution in [1.82, 2.24) is 10.2 Å². The predicted octanol–water partition coefficient (Wildman–Crippen LogP) is 1.75. The fourth-order valence-corrected chi connectivity index (χ4v) is 3.01. The molecule has 2 heterocycles. The first-order valence-electron chi connectivity index (χ1n) is 6.92. The fraction of sp³-hybridized carbons (Fsp3) is 0.533. The molecule has 0 saturated carbocycles. The lowest BCUT2D eigenvalue weighted by atomic mass is 9.97. The summed E-state index contributed by atoms with van der Waals surface area (Å²) in [5.41, 5.74) is 1.13. The van der Waals surface area contributed by atoms with Crippen LogP contribution in [0.1, 0.15) is 24.8 Å². The van der Waals surface area contributed by atoms with Gasteiger partial charge in [0, 0.05) is 31.6 Å². The third kappa shape index (κ3) is 2.37. The third-order valence-corrected chi connectivity index (χ3v) is 4.33. The molecule has 0 aromatic heterocycles. The van der Waals surface area contributed by atoms with E-state index >= 15 is 0 Å². The fourth-order valence-electron chi connectivity index (χ4n) is 3.01. The largest absolute Gasteiger partial charge is 0.339 e. The number of hydrogen-bond acceptors (Lipinski definition) is 2. The van der Waals surface area contributed by atoms with Crippen LogP contribution in [0.4, 0.5) is 4.39 Å². The van der Waals surface area contributed by atoms with E-state index in [4.69, 9.17) is 0 Å². The second kappa shape index (κ2) is 4.93. The molecule has 2 fully saturated rings. The van der Waals surface area contributed by atoms with Crippen molar-refractivity contribution in [2.45, 2.75) is 25.3 Å². The van der Waals surface area contributed by atoms with Crippen LogP contribution in [-0.2, 0) is 4.79 Å². The molecule has 19 heavy (non-hydrogen) atoms. The smallest absolute Gasteiger partial charge is 0.228 e. The van der Waals surface area contributed by atoms with E-state index in [1.807, 2.05) is 17.0 Å². The van der Waals surface area contributed by atoms with E-state index < -0.39 is 0 Å². The van der Waals surface area contributed by atoms with E-state index in [0.29, 0.717) is 5.92 Å². The van der Waals surface area contributed by atoms with Crippen LogP contribution in [0.3, 0.4) is 0 Å². The first kappa shape index (κ1) is 12.6. The summed E-state index contributed by atoms with van der Waals surface area (Å²) in [4.78, 5) is 14.3. The average Bonchev–Trinajstić information content (AvgIpc) is 2.70. The molecule has 2 aliphatic heterocycles. The van der Waals surface area contributed by atoms with Crippen LogP contribution in [0, 0.1) is 11.7 Å². The van der Waals surface area contributed by atoms with E-state index in [2.05, 4.69) is 12.2 Å². The first-order valence-corrected chi connectivity index (χ1v) is 6.92. The highest BCUT2D eigenvalue weighted by molar-refractivity contribution is 5.81. The Morgan fingerprint density at radius 3 is 2.58 bits per heavy atom. The zero-order chi connectivity index (χ0) is 13.4. The molecule has 1 amide bonds. The van der Waals surface area contributed by atoms with Crippen LogP contribution < -0.4 is 5.32 Å². The summed E-state index contributed by atoms with van der Waals surface area (Å²) in [6, 6.07) is 6.96. The van der Waals surface area contributed by atoms with Gasteiger partial charge in [0.15, 0.2) is 0 Å². The summed E-state index contributed by atoms with van der Waals surface area (Å²) in [6.45, 7) is 4.49. The number of nitrogens with zero attached hydrogens (tertiary/aromatic N) is 1. The normalized spacial score (nSPS) is 27.4. The van der Waals surface area contributed by atoms with E-state index in [1.165, 1.54) is 12.1 Å². The molecule has 2 atom stereocenters. The van der Waals surface area contributed by atoms with Gasteiger partial charge in [0.05, 0.1) is 5.92 Å². The third-order valence-electron chi connectivity index (χ3n) is 4.33. The zero-order valence-electron chi connectivity index (χ0n) is 11.1. The molecule has 4 heteroatoms. The van der Waals surface area contributed by atoms with Crippen molar-refractivity contribution >= 4 is 5.91 Å². The number of benzene rings is 1. The molecule has 2 aliphatic rings. The lowest BCUT2D eigenvalue weighted by molar-refractivity contribution is -0.137. The molecule has 2 unspecified atom stereocenters. The van der Waals surface area contributed by atoms with E-state index in [9.17, 15) is 9.18 Å². The van der Waals surface area contributed by atoms with Crippen molar-refractivity contribution in [3.8, 4) is 0 Å². The van der Waals surface area contributed by atoms with Crippen LogP contribution in [0.15, 0.2) is 24.3 Å². The van der Waals surface area contributed by atoms with Gasteiger partial charge in [-0.1, -0.05) is 12.1 Å². The minimum atomic E-state index is -0.205. The molecule has 0 bridgehead atoms. The summed E-state index contributed by atoms with van der Waals surface area (Å²) >= 11 is 0. The maximum Gasteiger partial charge on any atom is 0.228 e. The number of hydrogen-bond donors (Lipinski definition) is 1. The molecular formula is C15H19FN2O. The van der Waals surface area contributed by atoms with Crippen LogP contribution in [0.2, 0.25) is 0 Å². The molecule has 3 rings (SSSR count).